The molecule has 0 spiro atoms. The molecule has 0 aliphatic rings. The summed E-state index contributed by atoms with van der Waals surface area (Å²) < 4.78 is 7.37. The summed E-state index contributed by atoms with van der Waals surface area (Å²) in [6.45, 7) is 7.88. The Hall–Kier alpha value is -2.11. The number of para-hydroxylation sites is 1. The Kier molecular flexibility index (Phi) is 5.02. The predicted octanol–water partition coefficient (Wildman–Crippen LogP) is 4.58. The number of thiazole rings is 1. The van der Waals surface area contributed by atoms with Gasteiger partial charge in [-0.25, -0.2) is 4.98 Å². The number of hydrogen-bond acceptors (Lipinski definition) is 4. The fourth-order valence-corrected chi connectivity index (χ4v) is 3.81. The van der Waals surface area contributed by atoms with Crippen molar-refractivity contribution in [1.82, 2.24) is 9.55 Å². The summed E-state index contributed by atoms with van der Waals surface area (Å²) in [4.78, 5) is 6.02. The van der Waals surface area contributed by atoms with E-state index in [1.165, 1.54) is 27.5 Å². The highest BCUT2D eigenvalue weighted by Crippen LogP contribution is 2.35. The van der Waals surface area contributed by atoms with Crippen molar-refractivity contribution in [3.8, 4) is 16.9 Å². The molecule has 3 rings (SSSR count). The third-order valence-electron chi connectivity index (χ3n) is 4.08. The summed E-state index contributed by atoms with van der Waals surface area (Å²) in [5, 5.41) is 4.27. The second-order valence-corrected chi connectivity index (χ2v) is 7.00. The zero-order valence-corrected chi connectivity index (χ0v) is 15.4. The summed E-state index contributed by atoms with van der Waals surface area (Å²) in [6.07, 6.45) is 0. The number of anilines is 1. The molecular weight excluding hydrogens is 318 g/mol. The Labute approximate surface area is 147 Å². The van der Waals surface area contributed by atoms with Crippen LogP contribution in [0.15, 0.2) is 36.4 Å². The monoisotopic (exact) mass is 341 g/mol. The van der Waals surface area contributed by atoms with Gasteiger partial charge in [0.05, 0.1) is 12.3 Å². The molecule has 126 valence electrons. The van der Waals surface area contributed by atoms with Gasteiger partial charge >= 0.3 is 0 Å². The van der Waals surface area contributed by atoms with Crippen LogP contribution in [0, 0.1) is 20.8 Å². The topological polar surface area (TPSA) is 39.1 Å². The molecule has 0 radical (unpaired) electrons. The minimum atomic E-state index is 0.677. The van der Waals surface area contributed by atoms with Crippen molar-refractivity contribution in [1.29, 1.82) is 0 Å². The van der Waals surface area contributed by atoms with Gasteiger partial charge in [0.2, 0.25) is 0 Å². The normalized spacial score (nSPS) is 11.0. The lowest BCUT2D eigenvalue weighted by Gasteiger charge is -2.09. The molecule has 0 saturated heterocycles. The van der Waals surface area contributed by atoms with E-state index in [0.29, 0.717) is 6.61 Å². The van der Waals surface area contributed by atoms with Gasteiger partial charge in [0.25, 0.3) is 0 Å². The molecule has 0 aliphatic carbocycles. The number of ether oxygens (including phenoxy) is 1. The average Bonchev–Trinajstić information content (AvgIpc) is 3.08. The first-order valence-electron chi connectivity index (χ1n) is 8.06. The van der Waals surface area contributed by atoms with Gasteiger partial charge in [-0.3, -0.25) is 0 Å². The lowest BCUT2D eigenvalue weighted by atomic mass is 10.1. The first kappa shape index (κ1) is 16.7. The number of aryl methyl sites for hydroxylation is 2. The van der Waals surface area contributed by atoms with Crippen molar-refractivity contribution in [3.63, 3.8) is 0 Å². The van der Waals surface area contributed by atoms with Gasteiger partial charge in [-0.1, -0.05) is 18.2 Å². The van der Waals surface area contributed by atoms with Crippen LogP contribution in [-0.2, 0) is 4.74 Å². The van der Waals surface area contributed by atoms with Crippen LogP contribution in [0.1, 0.15) is 16.3 Å². The van der Waals surface area contributed by atoms with E-state index in [9.17, 15) is 0 Å². The Morgan fingerprint density at radius 3 is 2.62 bits per heavy atom. The van der Waals surface area contributed by atoms with Crippen LogP contribution >= 0.6 is 11.3 Å². The van der Waals surface area contributed by atoms with Crippen molar-refractivity contribution >= 4 is 16.5 Å². The maximum Gasteiger partial charge on any atom is 0.183 e. The minimum absolute atomic E-state index is 0.677. The molecule has 2 aromatic heterocycles. The molecule has 0 atom stereocenters. The molecule has 0 saturated carbocycles. The standard InChI is InChI=1S/C19H23N3OS/c1-13-12-17(14(2)22(13)16-8-6-5-7-9-16)18-15(3)24-19(21-18)20-10-11-23-4/h5-9,12H,10-11H2,1-4H3,(H,20,21). The Balaban J connectivity index is 1.96. The largest absolute Gasteiger partial charge is 0.383 e. The molecule has 0 amide bonds. The quantitative estimate of drug-likeness (QED) is 0.667. The number of rotatable bonds is 6. The van der Waals surface area contributed by atoms with Crippen LogP contribution < -0.4 is 5.32 Å². The predicted molar refractivity (Wildman–Crippen MR) is 101 cm³/mol. The number of nitrogens with zero attached hydrogens (tertiary/aromatic N) is 2. The van der Waals surface area contributed by atoms with Crippen molar-refractivity contribution in [2.75, 3.05) is 25.6 Å². The van der Waals surface area contributed by atoms with Gasteiger partial charge < -0.3 is 14.6 Å². The van der Waals surface area contributed by atoms with E-state index >= 15 is 0 Å². The Morgan fingerprint density at radius 2 is 1.92 bits per heavy atom. The van der Waals surface area contributed by atoms with Crippen molar-refractivity contribution in [2.45, 2.75) is 20.8 Å². The van der Waals surface area contributed by atoms with Crippen LogP contribution in [0.3, 0.4) is 0 Å². The summed E-state index contributed by atoms with van der Waals surface area (Å²) >= 11 is 1.69. The maximum atomic E-state index is 5.08. The highest BCUT2D eigenvalue weighted by Gasteiger charge is 2.17. The Bertz CT molecular complexity index is 821. The van der Waals surface area contributed by atoms with Crippen LogP contribution in [0.4, 0.5) is 5.13 Å². The summed E-state index contributed by atoms with van der Waals surface area (Å²) in [7, 11) is 1.71. The summed E-state index contributed by atoms with van der Waals surface area (Å²) in [5.41, 5.74) is 5.88. The van der Waals surface area contributed by atoms with Gasteiger partial charge in [-0.2, -0.15) is 0 Å². The van der Waals surface area contributed by atoms with Crippen molar-refractivity contribution < 1.29 is 4.74 Å². The summed E-state index contributed by atoms with van der Waals surface area (Å²) in [5.74, 6) is 0. The molecule has 4 nitrogen and oxygen atoms in total. The summed E-state index contributed by atoms with van der Waals surface area (Å²) in [6, 6.07) is 12.7. The average molecular weight is 341 g/mol. The zero-order valence-electron chi connectivity index (χ0n) is 14.6. The molecule has 24 heavy (non-hydrogen) atoms. The molecular formula is C19H23N3OS. The molecule has 2 heterocycles. The second-order valence-electron chi connectivity index (χ2n) is 5.80. The molecule has 1 aromatic carbocycles. The number of aromatic nitrogens is 2. The van der Waals surface area contributed by atoms with Gasteiger partial charge in [0, 0.05) is 41.2 Å². The van der Waals surface area contributed by atoms with Crippen LogP contribution in [-0.4, -0.2) is 29.8 Å². The lowest BCUT2D eigenvalue weighted by Crippen LogP contribution is -2.07. The number of nitrogens with one attached hydrogen (secondary N) is 1. The maximum absolute atomic E-state index is 5.08. The lowest BCUT2D eigenvalue weighted by molar-refractivity contribution is 0.211. The SMILES string of the molecule is COCCNc1nc(-c2cc(C)n(-c3ccccc3)c2C)c(C)s1. The van der Waals surface area contributed by atoms with E-state index in [2.05, 4.69) is 61.0 Å². The molecule has 0 bridgehead atoms. The molecule has 0 aliphatic heterocycles. The second kappa shape index (κ2) is 7.20. The molecule has 0 unspecified atom stereocenters. The third kappa shape index (κ3) is 3.23. The Morgan fingerprint density at radius 1 is 1.17 bits per heavy atom. The number of benzene rings is 1. The van der Waals surface area contributed by atoms with E-state index in [1.807, 2.05) is 6.07 Å². The van der Waals surface area contributed by atoms with E-state index in [-0.39, 0.29) is 0 Å². The molecule has 0 fully saturated rings. The van der Waals surface area contributed by atoms with Gasteiger partial charge in [0.15, 0.2) is 5.13 Å². The third-order valence-corrected chi connectivity index (χ3v) is 5.01. The van der Waals surface area contributed by atoms with Crippen LogP contribution in [0.2, 0.25) is 0 Å². The van der Waals surface area contributed by atoms with Crippen molar-refractivity contribution in [2.24, 2.45) is 0 Å². The first-order chi connectivity index (χ1) is 11.6. The van der Waals surface area contributed by atoms with E-state index in [1.54, 1.807) is 18.4 Å². The van der Waals surface area contributed by atoms with Gasteiger partial charge in [0.1, 0.15) is 0 Å². The van der Waals surface area contributed by atoms with Crippen LogP contribution in [0.25, 0.3) is 16.9 Å². The zero-order chi connectivity index (χ0) is 17.1. The van der Waals surface area contributed by atoms with Crippen molar-refractivity contribution in [3.05, 3.63) is 52.7 Å². The van der Waals surface area contributed by atoms with Gasteiger partial charge in [-0.05, 0) is 39.0 Å². The van der Waals surface area contributed by atoms with E-state index in [0.717, 1.165) is 17.4 Å². The van der Waals surface area contributed by atoms with E-state index in [4.69, 9.17) is 9.72 Å². The number of hydrogen-bond donors (Lipinski definition) is 1. The minimum Gasteiger partial charge on any atom is -0.383 e. The fourth-order valence-electron chi connectivity index (χ4n) is 2.96. The van der Waals surface area contributed by atoms with E-state index < -0.39 is 0 Å². The number of methoxy groups -OCH3 is 1. The molecule has 3 aromatic rings. The molecule has 5 heteroatoms. The van der Waals surface area contributed by atoms with Crippen LogP contribution in [0.5, 0.6) is 0 Å². The molecule has 1 N–H and O–H groups in total. The van der Waals surface area contributed by atoms with Gasteiger partial charge in [-0.15, -0.1) is 11.3 Å². The highest BCUT2D eigenvalue weighted by atomic mass is 32.1. The highest BCUT2D eigenvalue weighted by molar-refractivity contribution is 7.16. The fraction of sp³-hybridized carbons (Fsp3) is 0.316. The first-order valence-corrected chi connectivity index (χ1v) is 8.88. The smallest absolute Gasteiger partial charge is 0.183 e.